The van der Waals surface area contributed by atoms with E-state index in [9.17, 15) is 16.8 Å². The molecule has 0 unspecified atom stereocenters. The van der Waals surface area contributed by atoms with Crippen LogP contribution in [0, 0.1) is 0 Å². The standard InChI is InChI=1S/C11H18N2O4S2/c1-18(14,15)5-6-19(16,17)13-9-11-4-2-3-10(7-11)8-12/h2-4,7,13H,5-6,8-9,12H2,1H3. The molecule has 8 heteroatoms. The number of nitrogens with two attached hydrogens (primary N) is 1. The highest BCUT2D eigenvalue weighted by atomic mass is 32.2. The fourth-order valence-corrected chi connectivity index (χ4v) is 4.01. The monoisotopic (exact) mass is 306 g/mol. The van der Waals surface area contributed by atoms with Gasteiger partial charge in [0, 0.05) is 19.3 Å². The molecule has 0 saturated heterocycles. The summed E-state index contributed by atoms with van der Waals surface area (Å²) in [6.07, 6.45) is 1.01. The second-order valence-corrected chi connectivity index (χ2v) is 8.48. The van der Waals surface area contributed by atoms with Gasteiger partial charge in [0.25, 0.3) is 0 Å². The van der Waals surface area contributed by atoms with E-state index in [-0.39, 0.29) is 12.3 Å². The fraction of sp³-hybridized carbons (Fsp3) is 0.455. The summed E-state index contributed by atoms with van der Waals surface area (Å²) in [4.78, 5) is 0. The average molecular weight is 306 g/mol. The van der Waals surface area contributed by atoms with Crippen LogP contribution in [0.1, 0.15) is 11.1 Å². The first kappa shape index (κ1) is 16.1. The average Bonchev–Trinajstić information content (AvgIpc) is 2.34. The van der Waals surface area contributed by atoms with Crippen LogP contribution in [0.2, 0.25) is 0 Å². The Morgan fingerprint density at radius 1 is 1.11 bits per heavy atom. The topological polar surface area (TPSA) is 106 Å². The summed E-state index contributed by atoms with van der Waals surface area (Å²) in [6, 6.07) is 7.22. The predicted molar refractivity (Wildman–Crippen MR) is 74.7 cm³/mol. The molecule has 0 amide bonds. The van der Waals surface area contributed by atoms with Crippen LogP contribution in [-0.4, -0.2) is 34.6 Å². The lowest BCUT2D eigenvalue weighted by molar-refractivity contribution is 0.578. The minimum atomic E-state index is -3.59. The van der Waals surface area contributed by atoms with Gasteiger partial charge >= 0.3 is 0 Å². The molecule has 0 aliphatic carbocycles. The number of rotatable bonds is 7. The van der Waals surface area contributed by atoms with Gasteiger partial charge < -0.3 is 5.73 Å². The number of hydrogen-bond donors (Lipinski definition) is 2. The molecule has 0 radical (unpaired) electrons. The maximum Gasteiger partial charge on any atom is 0.212 e. The SMILES string of the molecule is CS(=O)(=O)CCS(=O)(=O)NCc1cccc(CN)c1. The number of nitrogens with one attached hydrogen (secondary N) is 1. The quantitative estimate of drug-likeness (QED) is 0.713. The Labute approximate surface area is 114 Å². The smallest absolute Gasteiger partial charge is 0.212 e. The van der Waals surface area contributed by atoms with E-state index in [4.69, 9.17) is 5.73 Å². The highest BCUT2D eigenvalue weighted by Gasteiger charge is 2.14. The van der Waals surface area contributed by atoms with Gasteiger partial charge in [-0.05, 0) is 11.1 Å². The van der Waals surface area contributed by atoms with Crippen molar-refractivity contribution in [2.45, 2.75) is 13.1 Å². The van der Waals surface area contributed by atoms with E-state index >= 15 is 0 Å². The Balaban J connectivity index is 2.60. The van der Waals surface area contributed by atoms with Crippen molar-refractivity contribution >= 4 is 19.9 Å². The molecule has 1 aromatic rings. The summed E-state index contributed by atoms with van der Waals surface area (Å²) >= 11 is 0. The molecule has 3 N–H and O–H groups in total. The maximum atomic E-state index is 11.6. The molecule has 1 rings (SSSR count). The van der Waals surface area contributed by atoms with Crippen molar-refractivity contribution < 1.29 is 16.8 Å². The van der Waals surface area contributed by atoms with Gasteiger partial charge in [-0.25, -0.2) is 21.6 Å². The first-order valence-corrected chi connectivity index (χ1v) is 9.36. The lowest BCUT2D eigenvalue weighted by atomic mass is 10.1. The number of sulfonamides is 1. The molecule has 1 aromatic carbocycles. The summed E-state index contributed by atoms with van der Waals surface area (Å²) in [6.45, 7) is 0.509. The first-order valence-electron chi connectivity index (χ1n) is 5.65. The van der Waals surface area contributed by atoms with Gasteiger partial charge in [0.1, 0.15) is 9.84 Å². The van der Waals surface area contributed by atoms with Crippen molar-refractivity contribution in [1.29, 1.82) is 0 Å². The molecule has 0 heterocycles. The Kier molecular flexibility index (Phi) is 5.48. The number of hydrogen-bond acceptors (Lipinski definition) is 5. The molecule has 6 nitrogen and oxygen atoms in total. The van der Waals surface area contributed by atoms with Crippen molar-refractivity contribution in [3.05, 3.63) is 35.4 Å². The van der Waals surface area contributed by atoms with E-state index in [0.29, 0.717) is 6.54 Å². The van der Waals surface area contributed by atoms with E-state index in [0.717, 1.165) is 17.4 Å². The Morgan fingerprint density at radius 2 is 1.74 bits per heavy atom. The van der Waals surface area contributed by atoms with Crippen LogP contribution in [0.4, 0.5) is 0 Å². The molecule has 0 saturated carbocycles. The zero-order valence-electron chi connectivity index (χ0n) is 10.7. The summed E-state index contributed by atoms with van der Waals surface area (Å²) in [5.41, 5.74) is 7.18. The van der Waals surface area contributed by atoms with Crippen LogP contribution in [-0.2, 0) is 33.0 Å². The van der Waals surface area contributed by atoms with Gasteiger partial charge in [0.05, 0.1) is 11.5 Å². The van der Waals surface area contributed by atoms with Crippen LogP contribution in [0.3, 0.4) is 0 Å². The lowest BCUT2D eigenvalue weighted by Crippen LogP contribution is -2.29. The van der Waals surface area contributed by atoms with E-state index in [1.54, 1.807) is 18.2 Å². The van der Waals surface area contributed by atoms with Gasteiger partial charge in [0.2, 0.25) is 10.0 Å². The van der Waals surface area contributed by atoms with Gasteiger partial charge in [0.15, 0.2) is 0 Å². The van der Waals surface area contributed by atoms with Crippen molar-refractivity contribution in [1.82, 2.24) is 4.72 Å². The van der Waals surface area contributed by atoms with Crippen LogP contribution < -0.4 is 10.5 Å². The molecule has 0 spiro atoms. The zero-order valence-corrected chi connectivity index (χ0v) is 12.3. The van der Waals surface area contributed by atoms with E-state index in [2.05, 4.69) is 4.72 Å². The third-order valence-corrected chi connectivity index (χ3v) is 4.98. The summed E-state index contributed by atoms with van der Waals surface area (Å²) in [5, 5.41) is 0. The van der Waals surface area contributed by atoms with Gasteiger partial charge in [-0.3, -0.25) is 0 Å². The summed E-state index contributed by atoms with van der Waals surface area (Å²) < 4.78 is 47.4. The zero-order chi connectivity index (χ0) is 14.5. The molecule has 0 aliphatic heterocycles. The second kappa shape index (κ2) is 6.47. The van der Waals surface area contributed by atoms with Crippen LogP contribution >= 0.6 is 0 Å². The third kappa shape index (κ3) is 6.67. The number of benzene rings is 1. The third-order valence-electron chi connectivity index (χ3n) is 2.45. The Bertz CT molecular complexity index is 624. The summed E-state index contributed by atoms with van der Waals surface area (Å²) in [5.74, 6) is -0.812. The molecular formula is C11H18N2O4S2. The molecule has 0 aliphatic rings. The van der Waals surface area contributed by atoms with Crippen molar-refractivity contribution in [3.8, 4) is 0 Å². The van der Waals surface area contributed by atoms with Crippen molar-refractivity contribution in [3.63, 3.8) is 0 Å². The second-order valence-electron chi connectivity index (χ2n) is 4.29. The fourth-order valence-electron chi connectivity index (χ4n) is 1.39. The first-order chi connectivity index (χ1) is 8.72. The Morgan fingerprint density at radius 3 is 2.32 bits per heavy atom. The van der Waals surface area contributed by atoms with Gasteiger partial charge in [-0.15, -0.1) is 0 Å². The molecule has 0 atom stereocenters. The largest absolute Gasteiger partial charge is 0.326 e. The van der Waals surface area contributed by atoms with E-state index in [1.807, 2.05) is 6.07 Å². The minimum Gasteiger partial charge on any atom is -0.326 e. The van der Waals surface area contributed by atoms with Crippen LogP contribution in [0.5, 0.6) is 0 Å². The molecule has 0 fully saturated rings. The van der Waals surface area contributed by atoms with Crippen molar-refractivity contribution in [2.75, 3.05) is 17.8 Å². The normalized spacial score (nSPS) is 12.5. The summed E-state index contributed by atoms with van der Waals surface area (Å²) in [7, 11) is -6.88. The van der Waals surface area contributed by atoms with Crippen LogP contribution in [0.25, 0.3) is 0 Å². The molecule has 19 heavy (non-hydrogen) atoms. The van der Waals surface area contributed by atoms with Crippen LogP contribution in [0.15, 0.2) is 24.3 Å². The predicted octanol–water partition coefficient (Wildman–Crippen LogP) is -0.391. The van der Waals surface area contributed by atoms with Gasteiger partial charge in [-0.1, -0.05) is 24.3 Å². The molecule has 0 bridgehead atoms. The van der Waals surface area contributed by atoms with Crippen molar-refractivity contribution in [2.24, 2.45) is 5.73 Å². The van der Waals surface area contributed by atoms with E-state index in [1.165, 1.54) is 0 Å². The molecular weight excluding hydrogens is 288 g/mol. The minimum absolute atomic E-state index is 0.125. The van der Waals surface area contributed by atoms with E-state index < -0.39 is 25.6 Å². The van der Waals surface area contributed by atoms with Gasteiger partial charge in [-0.2, -0.15) is 0 Å². The molecule has 0 aromatic heterocycles. The number of sulfone groups is 1. The maximum absolute atomic E-state index is 11.6. The highest BCUT2D eigenvalue weighted by molar-refractivity contribution is 7.93. The molecule has 108 valence electrons. The Hall–Kier alpha value is -0.960. The highest BCUT2D eigenvalue weighted by Crippen LogP contribution is 2.05. The lowest BCUT2D eigenvalue weighted by Gasteiger charge is -2.07.